The summed E-state index contributed by atoms with van der Waals surface area (Å²) >= 11 is 0. The van der Waals surface area contributed by atoms with Gasteiger partial charge in [-0.05, 0) is 43.9 Å². The zero-order valence-corrected chi connectivity index (χ0v) is 10.9. The van der Waals surface area contributed by atoms with Crippen LogP contribution < -0.4 is 5.73 Å². The zero-order valence-electron chi connectivity index (χ0n) is 10.1. The molecule has 0 bridgehead atoms. The predicted octanol–water partition coefficient (Wildman–Crippen LogP) is 2.04. The van der Waals surface area contributed by atoms with Gasteiger partial charge in [-0.3, -0.25) is 0 Å². The van der Waals surface area contributed by atoms with E-state index in [0.29, 0.717) is 11.3 Å². The molecule has 17 heavy (non-hydrogen) atoms. The van der Waals surface area contributed by atoms with E-state index < -0.39 is 9.84 Å². The Labute approximate surface area is 103 Å². The maximum absolute atomic E-state index is 12.4. The summed E-state index contributed by atoms with van der Waals surface area (Å²) in [6, 6.07) is 7.17. The standard InChI is InChI=1S/C13H19NO2S/c1-10-4-2-6-12(8-10)17(15,16)13-7-3-5-11(14)9-13/h2,4,6,8,11,13H,3,5,7,9,14H2,1H3. The highest BCUT2D eigenvalue weighted by atomic mass is 32.2. The first-order valence-electron chi connectivity index (χ1n) is 6.06. The van der Waals surface area contributed by atoms with Crippen molar-refractivity contribution in [1.29, 1.82) is 0 Å². The second kappa shape index (κ2) is 4.78. The topological polar surface area (TPSA) is 60.2 Å². The minimum absolute atomic E-state index is 0.0355. The highest BCUT2D eigenvalue weighted by Gasteiger charge is 2.31. The third-order valence-electron chi connectivity index (χ3n) is 3.42. The molecule has 0 saturated heterocycles. The molecule has 0 aliphatic heterocycles. The Balaban J connectivity index is 2.29. The van der Waals surface area contributed by atoms with Crippen molar-refractivity contribution in [3.63, 3.8) is 0 Å². The van der Waals surface area contributed by atoms with Crippen LogP contribution in [0.3, 0.4) is 0 Å². The Bertz CT molecular complexity index is 496. The van der Waals surface area contributed by atoms with E-state index in [4.69, 9.17) is 5.73 Å². The summed E-state index contributed by atoms with van der Waals surface area (Å²) in [6.45, 7) is 1.91. The summed E-state index contributed by atoms with van der Waals surface area (Å²) < 4.78 is 24.9. The largest absolute Gasteiger partial charge is 0.328 e. The van der Waals surface area contributed by atoms with Crippen LogP contribution in [-0.4, -0.2) is 19.7 Å². The summed E-state index contributed by atoms with van der Waals surface area (Å²) in [7, 11) is -3.20. The van der Waals surface area contributed by atoms with Crippen LogP contribution in [0, 0.1) is 6.92 Å². The van der Waals surface area contributed by atoms with Gasteiger partial charge in [-0.2, -0.15) is 0 Å². The molecular weight excluding hydrogens is 234 g/mol. The van der Waals surface area contributed by atoms with Gasteiger partial charge in [-0.25, -0.2) is 8.42 Å². The van der Waals surface area contributed by atoms with Crippen molar-refractivity contribution in [2.45, 2.75) is 48.8 Å². The van der Waals surface area contributed by atoms with Crippen molar-refractivity contribution >= 4 is 9.84 Å². The Morgan fingerprint density at radius 2 is 2.06 bits per heavy atom. The number of hydrogen-bond acceptors (Lipinski definition) is 3. The minimum atomic E-state index is -3.20. The van der Waals surface area contributed by atoms with E-state index in [1.165, 1.54) is 0 Å². The van der Waals surface area contributed by atoms with Gasteiger partial charge in [0.1, 0.15) is 0 Å². The van der Waals surface area contributed by atoms with Crippen molar-refractivity contribution in [3.05, 3.63) is 29.8 Å². The third-order valence-corrected chi connectivity index (χ3v) is 5.64. The average molecular weight is 253 g/mol. The summed E-state index contributed by atoms with van der Waals surface area (Å²) in [4.78, 5) is 0.441. The first-order valence-corrected chi connectivity index (χ1v) is 7.61. The smallest absolute Gasteiger partial charge is 0.181 e. The molecule has 1 aromatic carbocycles. The lowest BCUT2D eigenvalue weighted by atomic mass is 9.96. The molecule has 94 valence electrons. The third kappa shape index (κ3) is 2.69. The zero-order chi connectivity index (χ0) is 12.5. The van der Waals surface area contributed by atoms with E-state index in [1.807, 2.05) is 13.0 Å². The van der Waals surface area contributed by atoms with Crippen molar-refractivity contribution in [3.8, 4) is 0 Å². The molecule has 0 heterocycles. The fraction of sp³-hybridized carbons (Fsp3) is 0.538. The molecule has 0 amide bonds. The summed E-state index contributed by atoms with van der Waals surface area (Å²) in [6.07, 6.45) is 3.19. The molecule has 0 radical (unpaired) electrons. The predicted molar refractivity (Wildman–Crippen MR) is 68.6 cm³/mol. The quantitative estimate of drug-likeness (QED) is 0.877. The van der Waals surface area contributed by atoms with E-state index in [9.17, 15) is 8.42 Å². The van der Waals surface area contributed by atoms with E-state index >= 15 is 0 Å². The highest BCUT2D eigenvalue weighted by molar-refractivity contribution is 7.92. The second-order valence-corrected chi connectivity index (χ2v) is 7.14. The van der Waals surface area contributed by atoms with Crippen LogP contribution in [0.2, 0.25) is 0 Å². The molecule has 3 nitrogen and oxygen atoms in total. The van der Waals surface area contributed by atoms with E-state index in [-0.39, 0.29) is 11.3 Å². The summed E-state index contributed by atoms with van der Waals surface area (Å²) in [5.74, 6) is 0. The molecule has 1 aliphatic carbocycles. The fourth-order valence-electron chi connectivity index (χ4n) is 2.45. The summed E-state index contributed by atoms with van der Waals surface area (Å²) in [5, 5.41) is -0.298. The van der Waals surface area contributed by atoms with Crippen molar-refractivity contribution < 1.29 is 8.42 Å². The molecule has 2 N–H and O–H groups in total. The van der Waals surface area contributed by atoms with Gasteiger partial charge >= 0.3 is 0 Å². The van der Waals surface area contributed by atoms with Gasteiger partial charge in [0.25, 0.3) is 0 Å². The van der Waals surface area contributed by atoms with Gasteiger partial charge < -0.3 is 5.73 Å². The molecule has 1 aliphatic rings. The molecule has 1 fully saturated rings. The van der Waals surface area contributed by atoms with E-state index in [1.54, 1.807) is 18.2 Å². The lowest BCUT2D eigenvalue weighted by Gasteiger charge is -2.26. The van der Waals surface area contributed by atoms with Crippen molar-refractivity contribution in [1.82, 2.24) is 0 Å². The van der Waals surface area contributed by atoms with E-state index in [2.05, 4.69) is 0 Å². The number of rotatable bonds is 2. The number of nitrogens with two attached hydrogens (primary N) is 1. The van der Waals surface area contributed by atoms with Crippen LogP contribution in [-0.2, 0) is 9.84 Å². The number of aryl methyl sites for hydroxylation is 1. The van der Waals surface area contributed by atoms with Crippen LogP contribution in [0.5, 0.6) is 0 Å². The molecule has 1 aromatic rings. The van der Waals surface area contributed by atoms with Gasteiger partial charge in [-0.1, -0.05) is 18.6 Å². The van der Waals surface area contributed by atoms with E-state index in [0.717, 1.165) is 24.8 Å². The first-order chi connectivity index (χ1) is 8.00. The molecule has 2 rings (SSSR count). The SMILES string of the molecule is Cc1cccc(S(=O)(=O)C2CCCC(N)C2)c1. The van der Waals surface area contributed by atoms with Crippen molar-refractivity contribution in [2.24, 2.45) is 5.73 Å². The maximum atomic E-state index is 12.4. The Hall–Kier alpha value is -0.870. The monoisotopic (exact) mass is 253 g/mol. The highest BCUT2D eigenvalue weighted by Crippen LogP contribution is 2.28. The van der Waals surface area contributed by atoms with Crippen molar-refractivity contribution in [2.75, 3.05) is 0 Å². The maximum Gasteiger partial charge on any atom is 0.181 e. The first kappa shape index (κ1) is 12.6. The van der Waals surface area contributed by atoms with Crippen LogP contribution in [0.4, 0.5) is 0 Å². The Kier molecular flexibility index (Phi) is 3.54. The molecule has 1 saturated carbocycles. The summed E-state index contributed by atoms with van der Waals surface area (Å²) in [5.41, 5.74) is 6.84. The van der Waals surface area contributed by atoms with Crippen LogP contribution in [0.25, 0.3) is 0 Å². The lowest BCUT2D eigenvalue weighted by molar-refractivity contribution is 0.433. The Morgan fingerprint density at radius 1 is 1.29 bits per heavy atom. The van der Waals surface area contributed by atoms with Crippen LogP contribution in [0.15, 0.2) is 29.2 Å². The molecule has 2 atom stereocenters. The van der Waals surface area contributed by atoms with Gasteiger partial charge in [0.15, 0.2) is 9.84 Å². The molecule has 0 spiro atoms. The van der Waals surface area contributed by atoms with Gasteiger partial charge in [0.2, 0.25) is 0 Å². The minimum Gasteiger partial charge on any atom is -0.328 e. The van der Waals surface area contributed by atoms with Gasteiger partial charge in [0, 0.05) is 6.04 Å². The molecule has 0 aromatic heterocycles. The molecular formula is C13H19NO2S. The number of sulfone groups is 1. The number of benzene rings is 1. The lowest BCUT2D eigenvalue weighted by Crippen LogP contribution is -2.35. The second-order valence-electron chi connectivity index (χ2n) is 4.91. The average Bonchev–Trinajstić information content (AvgIpc) is 2.29. The van der Waals surface area contributed by atoms with Gasteiger partial charge in [-0.15, -0.1) is 0 Å². The van der Waals surface area contributed by atoms with Gasteiger partial charge in [0.05, 0.1) is 10.1 Å². The van der Waals surface area contributed by atoms with Crippen LogP contribution >= 0.6 is 0 Å². The molecule has 2 unspecified atom stereocenters. The van der Waals surface area contributed by atoms with Crippen LogP contribution in [0.1, 0.15) is 31.2 Å². The number of hydrogen-bond donors (Lipinski definition) is 1. The Morgan fingerprint density at radius 3 is 2.71 bits per heavy atom. The normalized spacial score (nSPS) is 25.8. The fourth-order valence-corrected chi connectivity index (χ4v) is 4.43. The molecule has 4 heteroatoms.